The summed E-state index contributed by atoms with van der Waals surface area (Å²) in [6, 6.07) is 0.257. The molecule has 0 saturated carbocycles. The topological polar surface area (TPSA) is 47.3 Å². The van der Waals surface area contributed by atoms with Gasteiger partial charge in [-0.25, -0.2) is 0 Å². The number of hydrazine groups is 1. The van der Waals surface area contributed by atoms with E-state index in [1.54, 1.807) is 0 Å². The summed E-state index contributed by atoms with van der Waals surface area (Å²) in [4.78, 5) is 0. The van der Waals surface area contributed by atoms with E-state index in [1.807, 2.05) is 13.0 Å². The Morgan fingerprint density at radius 3 is 2.91 bits per heavy atom. The first-order chi connectivity index (χ1) is 5.35. The zero-order valence-electron chi connectivity index (χ0n) is 7.18. The molecular weight excluding hydrogens is 140 g/mol. The van der Waals surface area contributed by atoms with Crippen molar-refractivity contribution in [1.29, 1.82) is 0 Å². The first-order valence-corrected chi connectivity index (χ1v) is 3.99. The summed E-state index contributed by atoms with van der Waals surface area (Å²) in [7, 11) is 0. The molecule has 0 aliphatic carbocycles. The maximum absolute atomic E-state index is 5.29. The Kier molecular flexibility index (Phi) is 7.46. The quantitative estimate of drug-likeness (QED) is 0.327. The Morgan fingerprint density at radius 2 is 2.45 bits per heavy atom. The highest BCUT2D eigenvalue weighted by Gasteiger charge is 2.03. The molecule has 0 rings (SSSR count). The van der Waals surface area contributed by atoms with Gasteiger partial charge in [0.1, 0.15) is 0 Å². The van der Waals surface area contributed by atoms with E-state index >= 15 is 0 Å². The lowest BCUT2D eigenvalue weighted by molar-refractivity contribution is 0.120. The highest BCUT2D eigenvalue weighted by molar-refractivity contribution is 4.71. The maximum Gasteiger partial charge on any atom is 0.0633 e. The second-order valence-electron chi connectivity index (χ2n) is 2.39. The minimum absolute atomic E-state index is 0.257. The van der Waals surface area contributed by atoms with E-state index < -0.39 is 0 Å². The lowest BCUT2D eigenvalue weighted by atomic mass is 10.2. The van der Waals surface area contributed by atoms with E-state index in [2.05, 4.69) is 12.0 Å². The molecule has 0 aromatic rings. The van der Waals surface area contributed by atoms with Crippen LogP contribution in [0.4, 0.5) is 0 Å². The van der Waals surface area contributed by atoms with Crippen molar-refractivity contribution in [2.24, 2.45) is 5.84 Å². The molecule has 3 nitrogen and oxygen atoms in total. The summed E-state index contributed by atoms with van der Waals surface area (Å²) in [5.41, 5.74) is 2.70. The number of nitrogens with one attached hydrogen (secondary N) is 1. The van der Waals surface area contributed by atoms with Gasteiger partial charge in [0.2, 0.25) is 0 Å². The molecule has 0 heterocycles. The molecule has 3 heteroatoms. The second kappa shape index (κ2) is 7.72. The standard InChI is InChI=1S/C8H18N2O/c1-3-5-6-8(10-9)7-11-4-2/h3,8,10H,1,4-7,9H2,2H3. The average Bonchev–Trinajstić information content (AvgIpc) is 2.05. The Balaban J connectivity index is 3.32. The third-order valence-electron chi connectivity index (χ3n) is 1.48. The highest BCUT2D eigenvalue weighted by Crippen LogP contribution is 1.96. The minimum Gasteiger partial charge on any atom is -0.380 e. The molecule has 66 valence electrons. The first kappa shape index (κ1) is 10.6. The molecule has 0 spiro atoms. The van der Waals surface area contributed by atoms with Crippen LogP contribution in [0.2, 0.25) is 0 Å². The largest absolute Gasteiger partial charge is 0.380 e. The number of nitrogens with two attached hydrogens (primary N) is 1. The Bertz CT molecular complexity index is 96.1. The third kappa shape index (κ3) is 6.04. The van der Waals surface area contributed by atoms with E-state index in [0.717, 1.165) is 19.4 Å². The maximum atomic E-state index is 5.29. The van der Waals surface area contributed by atoms with Crippen LogP contribution in [0.1, 0.15) is 19.8 Å². The van der Waals surface area contributed by atoms with E-state index in [4.69, 9.17) is 10.6 Å². The first-order valence-electron chi connectivity index (χ1n) is 3.99. The number of rotatable bonds is 7. The fourth-order valence-electron chi connectivity index (χ4n) is 0.794. The molecule has 11 heavy (non-hydrogen) atoms. The fourth-order valence-corrected chi connectivity index (χ4v) is 0.794. The summed E-state index contributed by atoms with van der Waals surface area (Å²) in [6.07, 6.45) is 3.85. The Labute approximate surface area is 68.6 Å². The molecule has 0 aromatic carbocycles. The van der Waals surface area contributed by atoms with Gasteiger partial charge in [0.25, 0.3) is 0 Å². The van der Waals surface area contributed by atoms with Gasteiger partial charge >= 0.3 is 0 Å². The van der Waals surface area contributed by atoms with Gasteiger partial charge < -0.3 is 4.74 Å². The van der Waals surface area contributed by atoms with Crippen LogP contribution in [0.25, 0.3) is 0 Å². The van der Waals surface area contributed by atoms with Crippen molar-refractivity contribution in [3.8, 4) is 0 Å². The molecule has 0 saturated heterocycles. The monoisotopic (exact) mass is 158 g/mol. The molecule has 1 atom stereocenters. The van der Waals surface area contributed by atoms with Gasteiger partial charge in [-0.1, -0.05) is 6.08 Å². The van der Waals surface area contributed by atoms with Crippen molar-refractivity contribution in [2.45, 2.75) is 25.8 Å². The number of allylic oxidation sites excluding steroid dienone is 1. The lowest BCUT2D eigenvalue weighted by Crippen LogP contribution is -2.38. The molecule has 0 radical (unpaired) electrons. The normalized spacial score (nSPS) is 12.9. The smallest absolute Gasteiger partial charge is 0.0633 e. The van der Waals surface area contributed by atoms with Crippen molar-refractivity contribution in [1.82, 2.24) is 5.43 Å². The van der Waals surface area contributed by atoms with Crippen molar-refractivity contribution in [3.05, 3.63) is 12.7 Å². The van der Waals surface area contributed by atoms with Gasteiger partial charge in [0.15, 0.2) is 0 Å². The van der Waals surface area contributed by atoms with Gasteiger partial charge in [-0.2, -0.15) is 0 Å². The SMILES string of the molecule is C=CCCC(COCC)NN. The van der Waals surface area contributed by atoms with Crippen LogP contribution >= 0.6 is 0 Å². The minimum atomic E-state index is 0.257. The Hall–Kier alpha value is -0.380. The summed E-state index contributed by atoms with van der Waals surface area (Å²) in [6.45, 7) is 7.03. The zero-order valence-corrected chi connectivity index (χ0v) is 7.18. The van der Waals surface area contributed by atoms with Crippen molar-refractivity contribution in [2.75, 3.05) is 13.2 Å². The van der Waals surface area contributed by atoms with Gasteiger partial charge in [0.05, 0.1) is 6.61 Å². The molecule has 3 N–H and O–H groups in total. The number of hydrogen-bond acceptors (Lipinski definition) is 3. The third-order valence-corrected chi connectivity index (χ3v) is 1.48. The average molecular weight is 158 g/mol. The van der Waals surface area contributed by atoms with E-state index in [9.17, 15) is 0 Å². The van der Waals surface area contributed by atoms with Crippen LogP contribution in [0, 0.1) is 0 Å². The van der Waals surface area contributed by atoms with Crippen LogP contribution in [0.3, 0.4) is 0 Å². The molecule has 0 bridgehead atoms. The van der Waals surface area contributed by atoms with Gasteiger partial charge in [-0.3, -0.25) is 11.3 Å². The van der Waals surface area contributed by atoms with E-state index in [-0.39, 0.29) is 6.04 Å². The van der Waals surface area contributed by atoms with Crippen molar-refractivity contribution < 1.29 is 4.74 Å². The number of ether oxygens (including phenoxy) is 1. The van der Waals surface area contributed by atoms with Crippen molar-refractivity contribution >= 4 is 0 Å². The van der Waals surface area contributed by atoms with Crippen LogP contribution in [-0.2, 0) is 4.74 Å². The van der Waals surface area contributed by atoms with Crippen LogP contribution in [-0.4, -0.2) is 19.3 Å². The summed E-state index contributed by atoms with van der Waals surface area (Å²) in [5.74, 6) is 5.29. The summed E-state index contributed by atoms with van der Waals surface area (Å²) < 4.78 is 5.21. The van der Waals surface area contributed by atoms with Crippen LogP contribution < -0.4 is 11.3 Å². The fraction of sp³-hybridized carbons (Fsp3) is 0.750. The van der Waals surface area contributed by atoms with Gasteiger partial charge in [0, 0.05) is 12.6 Å². The van der Waals surface area contributed by atoms with Crippen LogP contribution in [0.15, 0.2) is 12.7 Å². The lowest BCUT2D eigenvalue weighted by Gasteiger charge is -2.13. The molecule has 0 amide bonds. The predicted molar refractivity (Wildman–Crippen MR) is 47.0 cm³/mol. The predicted octanol–water partition coefficient (Wildman–Crippen LogP) is 0.821. The molecule has 0 aromatic heterocycles. The highest BCUT2D eigenvalue weighted by atomic mass is 16.5. The molecule has 0 aliphatic rings. The molecule has 0 fully saturated rings. The molecule has 0 aliphatic heterocycles. The second-order valence-corrected chi connectivity index (χ2v) is 2.39. The van der Waals surface area contributed by atoms with Gasteiger partial charge in [-0.15, -0.1) is 6.58 Å². The van der Waals surface area contributed by atoms with Crippen molar-refractivity contribution in [3.63, 3.8) is 0 Å². The molecule has 1 unspecified atom stereocenters. The summed E-state index contributed by atoms with van der Waals surface area (Å²) in [5, 5.41) is 0. The zero-order chi connectivity index (χ0) is 8.53. The molecular formula is C8H18N2O. The van der Waals surface area contributed by atoms with E-state index in [0.29, 0.717) is 6.61 Å². The van der Waals surface area contributed by atoms with Crippen LogP contribution in [0.5, 0.6) is 0 Å². The summed E-state index contributed by atoms with van der Waals surface area (Å²) >= 11 is 0. The van der Waals surface area contributed by atoms with Gasteiger partial charge in [-0.05, 0) is 19.8 Å². The Morgan fingerprint density at radius 1 is 1.73 bits per heavy atom. The van der Waals surface area contributed by atoms with E-state index in [1.165, 1.54) is 0 Å². The number of hydrogen-bond donors (Lipinski definition) is 2.